The highest BCUT2D eigenvalue weighted by Gasteiger charge is 2.25. The van der Waals surface area contributed by atoms with Gasteiger partial charge in [0.1, 0.15) is 11.4 Å². The molecule has 0 radical (unpaired) electrons. The molecule has 25 heavy (non-hydrogen) atoms. The fourth-order valence-corrected chi connectivity index (χ4v) is 2.98. The highest BCUT2D eigenvalue weighted by molar-refractivity contribution is 6.32. The summed E-state index contributed by atoms with van der Waals surface area (Å²) in [5.41, 5.74) is 8.32. The Balaban J connectivity index is 1.93. The standard InChI is InChI=1S/C18H21N5O2/c1-11-13(5-3-4-8-24)12(2)21-15(11)9-14-17(22-23-18(14)25)16-10-19-6-7-20-16/h6-7,9-10,21,24H,3-5,8H2,1-2H3,(H,23,25). The van der Waals surface area contributed by atoms with E-state index in [-0.39, 0.29) is 12.5 Å². The third-order valence-corrected chi connectivity index (χ3v) is 4.33. The summed E-state index contributed by atoms with van der Waals surface area (Å²) in [6.07, 6.45) is 9.16. The number of hydrogen-bond donors (Lipinski definition) is 3. The van der Waals surface area contributed by atoms with E-state index in [9.17, 15) is 4.79 Å². The maximum atomic E-state index is 12.2. The van der Waals surface area contributed by atoms with E-state index in [1.165, 1.54) is 5.56 Å². The van der Waals surface area contributed by atoms with E-state index in [0.717, 1.165) is 36.2 Å². The Morgan fingerprint density at radius 3 is 2.80 bits per heavy atom. The van der Waals surface area contributed by atoms with Gasteiger partial charge in [0.25, 0.3) is 5.91 Å². The van der Waals surface area contributed by atoms with Crippen molar-refractivity contribution in [2.75, 3.05) is 6.61 Å². The number of aliphatic hydroxyl groups is 1. The molecule has 7 nitrogen and oxygen atoms in total. The van der Waals surface area contributed by atoms with Crippen molar-refractivity contribution >= 4 is 17.7 Å². The SMILES string of the molecule is Cc1[nH]c(C=C2C(=O)NN=C2c2cnccn2)c(C)c1CCCCO. The number of nitrogens with zero attached hydrogens (tertiary/aromatic N) is 3. The first-order valence-corrected chi connectivity index (χ1v) is 8.27. The molecule has 0 aromatic carbocycles. The molecule has 1 aliphatic heterocycles. The Labute approximate surface area is 145 Å². The molecule has 7 heteroatoms. The number of carbonyl (C=O) groups excluding carboxylic acids is 1. The van der Waals surface area contributed by atoms with Gasteiger partial charge >= 0.3 is 0 Å². The van der Waals surface area contributed by atoms with Gasteiger partial charge in [-0.1, -0.05) is 0 Å². The number of hydrazone groups is 1. The minimum Gasteiger partial charge on any atom is -0.396 e. The molecule has 2 aromatic heterocycles. The molecule has 0 fully saturated rings. The summed E-state index contributed by atoms with van der Waals surface area (Å²) in [6, 6.07) is 0. The van der Waals surface area contributed by atoms with Gasteiger partial charge in [-0.2, -0.15) is 5.10 Å². The Kier molecular flexibility index (Phi) is 5.04. The lowest BCUT2D eigenvalue weighted by atomic mass is 10.0. The number of hydrogen-bond acceptors (Lipinski definition) is 5. The van der Waals surface area contributed by atoms with Crippen LogP contribution in [-0.4, -0.2) is 38.3 Å². The van der Waals surface area contributed by atoms with Crippen molar-refractivity contribution in [3.63, 3.8) is 0 Å². The summed E-state index contributed by atoms with van der Waals surface area (Å²) in [5, 5.41) is 13.0. The minimum absolute atomic E-state index is 0.206. The number of unbranched alkanes of at least 4 members (excludes halogenated alkanes) is 1. The zero-order chi connectivity index (χ0) is 17.8. The van der Waals surface area contributed by atoms with Crippen molar-refractivity contribution < 1.29 is 9.90 Å². The van der Waals surface area contributed by atoms with Crippen molar-refractivity contribution in [3.05, 3.63) is 52.4 Å². The zero-order valence-corrected chi connectivity index (χ0v) is 14.3. The first-order valence-electron chi connectivity index (χ1n) is 8.27. The van der Waals surface area contributed by atoms with Crippen molar-refractivity contribution in [1.29, 1.82) is 0 Å². The number of carbonyl (C=O) groups is 1. The average Bonchev–Trinajstić information content (AvgIpc) is 3.11. The van der Waals surface area contributed by atoms with Gasteiger partial charge in [0, 0.05) is 30.4 Å². The molecule has 1 amide bonds. The second kappa shape index (κ2) is 7.40. The molecule has 0 spiro atoms. The van der Waals surface area contributed by atoms with Crippen LogP contribution in [0, 0.1) is 13.8 Å². The minimum atomic E-state index is -0.255. The molecular formula is C18H21N5O2. The summed E-state index contributed by atoms with van der Waals surface area (Å²) in [5.74, 6) is -0.255. The maximum Gasteiger partial charge on any atom is 0.273 e. The largest absolute Gasteiger partial charge is 0.396 e. The Morgan fingerprint density at radius 1 is 1.24 bits per heavy atom. The topological polar surface area (TPSA) is 103 Å². The summed E-state index contributed by atoms with van der Waals surface area (Å²) in [7, 11) is 0. The maximum absolute atomic E-state index is 12.2. The zero-order valence-electron chi connectivity index (χ0n) is 14.3. The lowest BCUT2D eigenvalue weighted by Gasteiger charge is -2.02. The molecule has 1 aliphatic rings. The molecule has 130 valence electrons. The highest BCUT2D eigenvalue weighted by atomic mass is 16.2. The number of aromatic nitrogens is 3. The van der Waals surface area contributed by atoms with E-state index in [0.29, 0.717) is 17.0 Å². The van der Waals surface area contributed by atoms with Crippen LogP contribution in [0.5, 0.6) is 0 Å². The number of aromatic amines is 1. The van der Waals surface area contributed by atoms with Crippen LogP contribution in [-0.2, 0) is 11.2 Å². The average molecular weight is 339 g/mol. The number of nitrogens with one attached hydrogen (secondary N) is 2. The van der Waals surface area contributed by atoms with Gasteiger partial charge in [-0.3, -0.25) is 14.8 Å². The third-order valence-electron chi connectivity index (χ3n) is 4.33. The van der Waals surface area contributed by atoms with Gasteiger partial charge in [0.2, 0.25) is 0 Å². The number of aryl methyl sites for hydroxylation is 1. The van der Waals surface area contributed by atoms with Gasteiger partial charge in [0.05, 0.1) is 11.8 Å². The lowest BCUT2D eigenvalue weighted by molar-refractivity contribution is -0.116. The Morgan fingerprint density at radius 2 is 2.08 bits per heavy atom. The van der Waals surface area contributed by atoms with Gasteiger partial charge in [-0.15, -0.1) is 0 Å². The van der Waals surface area contributed by atoms with Crippen LogP contribution in [0.4, 0.5) is 0 Å². The van der Waals surface area contributed by atoms with Gasteiger partial charge in [-0.05, 0) is 50.3 Å². The van der Waals surface area contributed by atoms with Crippen molar-refractivity contribution in [1.82, 2.24) is 20.4 Å². The van der Waals surface area contributed by atoms with Crippen molar-refractivity contribution in [2.24, 2.45) is 5.10 Å². The highest BCUT2D eigenvalue weighted by Crippen LogP contribution is 2.24. The number of rotatable bonds is 6. The molecule has 0 bridgehead atoms. The van der Waals surface area contributed by atoms with E-state index in [4.69, 9.17) is 5.11 Å². The summed E-state index contributed by atoms with van der Waals surface area (Å²) >= 11 is 0. The second-order valence-electron chi connectivity index (χ2n) is 6.00. The first kappa shape index (κ1) is 17.0. The summed E-state index contributed by atoms with van der Waals surface area (Å²) in [6.45, 7) is 4.27. The molecule has 0 saturated carbocycles. The van der Waals surface area contributed by atoms with Gasteiger partial charge in [0.15, 0.2) is 0 Å². The third kappa shape index (κ3) is 3.51. The molecule has 0 atom stereocenters. The predicted molar refractivity (Wildman–Crippen MR) is 95.0 cm³/mol. The first-order chi connectivity index (χ1) is 12.1. The predicted octanol–water partition coefficient (Wildman–Crippen LogP) is 1.65. The molecule has 3 rings (SSSR count). The van der Waals surface area contributed by atoms with Crippen LogP contribution in [0.15, 0.2) is 29.3 Å². The normalized spacial score (nSPS) is 15.6. The van der Waals surface area contributed by atoms with Crippen LogP contribution in [0.2, 0.25) is 0 Å². The molecular weight excluding hydrogens is 318 g/mol. The Hall–Kier alpha value is -2.80. The van der Waals surface area contributed by atoms with E-state index in [1.807, 2.05) is 19.9 Å². The van der Waals surface area contributed by atoms with Crippen LogP contribution >= 0.6 is 0 Å². The van der Waals surface area contributed by atoms with Crippen LogP contribution in [0.1, 0.15) is 41.1 Å². The van der Waals surface area contributed by atoms with Crippen LogP contribution in [0.25, 0.3) is 6.08 Å². The van der Waals surface area contributed by atoms with E-state index in [1.54, 1.807) is 18.6 Å². The van der Waals surface area contributed by atoms with E-state index in [2.05, 4.69) is 25.5 Å². The molecule has 2 aromatic rings. The molecule has 0 saturated heterocycles. The van der Waals surface area contributed by atoms with Gasteiger partial charge < -0.3 is 10.1 Å². The Bertz CT molecular complexity index is 837. The molecule has 0 unspecified atom stereocenters. The lowest BCUT2D eigenvalue weighted by Crippen LogP contribution is -2.14. The quantitative estimate of drug-likeness (QED) is 0.550. The molecule has 3 heterocycles. The fraction of sp³-hybridized carbons (Fsp3) is 0.333. The number of amides is 1. The van der Waals surface area contributed by atoms with Crippen molar-refractivity contribution in [2.45, 2.75) is 33.1 Å². The summed E-state index contributed by atoms with van der Waals surface area (Å²) in [4.78, 5) is 23.8. The monoisotopic (exact) mass is 339 g/mol. The van der Waals surface area contributed by atoms with Crippen molar-refractivity contribution in [3.8, 4) is 0 Å². The number of aliphatic hydroxyl groups excluding tert-OH is 1. The van der Waals surface area contributed by atoms with E-state index < -0.39 is 0 Å². The summed E-state index contributed by atoms with van der Waals surface area (Å²) < 4.78 is 0. The van der Waals surface area contributed by atoms with Crippen LogP contribution in [0.3, 0.4) is 0 Å². The van der Waals surface area contributed by atoms with Crippen LogP contribution < -0.4 is 5.43 Å². The fourth-order valence-electron chi connectivity index (χ4n) is 2.98. The van der Waals surface area contributed by atoms with E-state index >= 15 is 0 Å². The molecule has 0 aliphatic carbocycles. The smallest absolute Gasteiger partial charge is 0.273 e. The number of H-pyrrole nitrogens is 1. The molecule has 3 N–H and O–H groups in total. The van der Waals surface area contributed by atoms with Gasteiger partial charge in [-0.25, -0.2) is 5.43 Å². The second-order valence-corrected chi connectivity index (χ2v) is 6.00.